The summed E-state index contributed by atoms with van der Waals surface area (Å²) in [6, 6.07) is 21.8. The zero-order chi connectivity index (χ0) is 19.6. The van der Waals surface area contributed by atoms with Crippen LogP contribution in [0.4, 0.5) is 0 Å². The molecule has 3 aromatic carbocycles. The number of nitrogens with zero attached hydrogens (tertiary/aromatic N) is 1. The molecule has 0 aliphatic heterocycles. The van der Waals surface area contributed by atoms with Crippen molar-refractivity contribution in [2.75, 3.05) is 6.61 Å². The van der Waals surface area contributed by atoms with Crippen LogP contribution in [0, 0.1) is 0 Å². The molecule has 0 saturated carbocycles. The fourth-order valence-corrected chi connectivity index (χ4v) is 3.09. The Labute approximate surface area is 166 Å². The third-order valence-corrected chi connectivity index (χ3v) is 4.55. The van der Waals surface area contributed by atoms with Crippen LogP contribution in [0.25, 0.3) is 10.8 Å². The van der Waals surface area contributed by atoms with Crippen molar-refractivity contribution in [3.8, 4) is 5.75 Å². The minimum Gasteiger partial charge on any atom is -0.493 e. The van der Waals surface area contributed by atoms with Gasteiger partial charge in [-0.3, -0.25) is 4.79 Å². The maximum absolute atomic E-state index is 12.3. The molecule has 4 nitrogen and oxygen atoms in total. The van der Waals surface area contributed by atoms with Crippen molar-refractivity contribution in [2.45, 2.75) is 32.6 Å². The lowest BCUT2D eigenvalue weighted by Gasteiger charge is -2.08. The average molecular weight is 374 g/mol. The van der Waals surface area contributed by atoms with E-state index < -0.39 is 0 Å². The molecule has 0 saturated heterocycles. The topological polar surface area (TPSA) is 50.7 Å². The molecule has 0 radical (unpaired) electrons. The predicted octanol–water partition coefficient (Wildman–Crippen LogP) is 5.10. The minimum absolute atomic E-state index is 0.144. The van der Waals surface area contributed by atoms with Crippen LogP contribution in [0.2, 0.25) is 0 Å². The van der Waals surface area contributed by atoms with Crippen LogP contribution in [0.1, 0.15) is 37.3 Å². The zero-order valence-corrected chi connectivity index (χ0v) is 16.2. The first-order chi connectivity index (χ1) is 13.8. The molecule has 0 unspecified atom stereocenters. The Morgan fingerprint density at radius 1 is 1.00 bits per heavy atom. The third kappa shape index (κ3) is 5.43. The van der Waals surface area contributed by atoms with Crippen molar-refractivity contribution < 1.29 is 9.53 Å². The normalized spacial score (nSPS) is 11.0. The second-order valence-corrected chi connectivity index (χ2v) is 6.70. The van der Waals surface area contributed by atoms with Crippen LogP contribution >= 0.6 is 0 Å². The van der Waals surface area contributed by atoms with E-state index in [0.717, 1.165) is 46.9 Å². The van der Waals surface area contributed by atoms with Crippen molar-refractivity contribution in [1.82, 2.24) is 5.43 Å². The number of carbonyl (C=O) groups excluding carboxylic acids is 1. The molecule has 0 bridgehead atoms. The van der Waals surface area contributed by atoms with Gasteiger partial charge in [-0.2, -0.15) is 5.10 Å². The number of amides is 1. The Balaban J connectivity index is 1.59. The second-order valence-electron chi connectivity index (χ2n) is 6.70. The van der Waals surface area contributed by atoms with Crippen molar-refractivity contribution in [2.24, 2.45) is 5.10 Å². The summed E-state index contributed by atoms with van der Waals surface area (Å²) in [5.74, 6) is 0.639. The van der Waals surface area contributed by atoms with E-state index in [-0.39, 0.29) is 12.3 Å². The molecular formula is C24H26N2O2. The molecule has 1 N–H and O–H groups in total. The number of fused-ring (bicyclic) bond motifs is 1. The van der Waals surface area contributed by atoms with Crippen LogP contribution in [-0.2, 0) is 11.2 Å². The molecule has 0 atom stereocenters. The molecular weight excluding hydrogens is 348 g/mol. The Bertz CT molecular complexity index is 945. The first-order valence-electron chi connectivity index (χ1n) is 9.78. The van der Waals surface area contributed by atoms with Gasteiger partial charge in [0.15, 0.2) is 0 Å². The number of nitrogens with one attached hydrogen (secondary N) is 1. The molecule has 4 heteroatoms. The number of hydrogen-bond donors (Lipinski definition) is 1. The molecule has 0 spiro atoms. The van der Waals surface area contributed by atoms with Crippen LogP contribution in [0.3, 0.4) is 0 Å². The van der Waals surface area contributed by atoms with E-state index in [1.54, 1.807) is 6.21 Å². The van der Waals surface area contributed by atoms with Gasteiger partial charge in [0.05, 0.1) is 19.2 Å². The molecule has 0 aromatic heterocycles. The average Bonchev–Trinajstić information content (AvgIpc) is 2.72. The minimum atomic E-state index is -0.144. The first-order valence-corrected chi connectivity index (χ1v) is 9.78. The highest BCUT2D eigenvalue weighted by Crippen LogP contribution is 2.19. The number of para-hydroxylation sites is 1. The highest BCUT2D eigenvalue weighted by atomic mass is 16.5. The van der Waals surface area contributed by atoms with Crippen LogP contribution in [0.15, 0.2) is 71.8 Å². The Morgan fingerprint density at radius 3 is 2.68 bits per heavy atom. The van der Waals surface area contributed by atoms with E-state index in [2.05, 4.69) is 17.5 Å². The van der Waals surface area contributed by atoms with E-state index >= 15 is 0 Å². The van der Waals surface area contributed by atoms with Gasteiger partial charge in [-0.25, -0.2) is 5.43 Å². The highest BCUT2D eigenvalue weighted by Gasteiger charge is 2.06. The summed E-state index contributed by atoms with van der Waals surface area (Å²) in [5, 5.41) is 6.34. The lowest BCUT2D eigenvalue weighted by Crippen LogP contribution is -2.20. The van der Waals surface area contributed by atoms with E-state index in [4.69, 9.17) is 4.74 Å². The van der Waals surface area contributed by atoms with Gasteiger partial charge in [-0.1, -0.05) is 74.4 Å². The lowest BCUT2D eigenvalue weighted by molar-refractivity contribution is -0.120. The van der Waals surface area contributed by atoms with Gasteiger partial charge < -0.3 is 4.74 Å². The van der Waals surface area contributed by atoms with Gasteiger partial charge >= 0.3 is 0 Å². The standard InChI is InChI=1S/C24H26N2O2/c1-2-3-8-16-28-23-15-7-5-11-21(23)18-25-26-24(27)17-20-13-9-12-19-10-4-6-14-22(19)20/h4-7,9-15,18H,2-3,8,16-17H2,1H3,(H,26,27)/b25-18+. The number of benzene rings is 3. The van der Waals surface area contributed by atoms with E-state index in [0.29, 0.717) is 6.61 Å². The molecule has 28 heavy (non-hydrogen) atoms. The molecule has 3 aromatic rings. The highest BCUT2D eigenvalue weighted by molar-refractivity contribution is 5.91. The monoisotopic (exact) mass is 374 g/mol. The predicted molar refractivity (Wildman–Crippen MR) is 115 cm³/mol. The summed E-state index contributed by atoms with van der Waals surface area (Å²) in [6.07, 6.45) is 5.27. The Hall–Kier alpha value is -3.14. The number of rotatable bonds is 9. The van der Waals surface area contributed by atoms with Crippen molar-refractivity contribution in [3.63, 3.8) is 0 Å². The van der Waals surface area contributed by atoms with Crippen molar-refractivity contribution in [3.05, 3.63) is 77.9 Å². The fourth-order valence-electron chi connectivity index (χ4n) is 3.09. The molecule has 0 aliphatic rings. The maximum Gasteiger partial charge on any atom is 0.244 e. The molecule has 144 valence electrons. The molecule has 1 amide bonds. The Kier molecular flexibility index (Phi) is 7.19. The molecule has 0 heterocycles. The molecule has 3 rings (SSSR count). The van der Waals surface area contributed by atoms with Crippen LogP contribution < -0.4 is 10.2 Å². The molecule has 0 aliphatic carbocycles. The van der Waals surface area contributed by atoms with E-state index in [1.165, 1.54) is 0 Å². The lowest BCUT2D eigenvalue weighted by atomic mass is 10.0. The quantitative estimate of drug-likeness (QED) is 0.322. The van der Waals surface area contributed by atoms with Gasteiger partial charge in [0.2, 0.25) is 5.91 Å². The van der Waals surface area contributed by atoms with Gasteiger partial charge in [0.25, 0.3) is 0 Å². The van der Waals surface area contributed by atoms with Gasteiger partial charge in [-0.05, 0) is 34.9 Å². The van der Waals surface area contributed by atoms with Crippen molar-refractivity contribution >= 4 is 22.9 Å². The smallest absolute Gasteiger partial charge is 0.244 e. The van der Waals surface area contributed by atoms with Gasteiger partial charge in [0, 0.05) is 5.56 Å². The SMILES string of the molecule is CCCCCOc1ccccc1/C=N/NC(=O)Cc1cccc2ccccc12. The second kappa shape index (κ2) is 10.3. The summed E-state index contributed by atoms with van der Waals surface area (Å²) < 4.78 is 5.84. The van der Waals surface area contributed by atoms with Crippen LogP contribution in [0.5, 0.6) is 5.75 Å². The van der Waals surface area contributed by atoms with E-state index in [1.807, 2.05) is 66.7 Å². The summed E-state index contributed by atoms with van der Waals surface area (Å²) in [7, 11) is 0. The number of carbonyl (C=O) groups is 1. The first kappa shape index (κ1) is 19.6. The largest absolute Gasteiger partial charge is 0.493 e. The van der Waals surface area contributed by atoms with E-state index in [9.17, 15) is 4.79 Å². The number of ether oxygens (including phenoxy) is 1. The van der Waals surface area contributed by atoms with Crippen LogP contribution in [-0.4, -0.2) is 18.7 Å². The zero-order valence-electron chi connectivity index (χ0n) is 16.2. The Morgan fingerprint density at radius 2 is 1.79 bits per heavy atom. The number of hydrazone groups is 1. The van der Waals surface area contributed by atoms with Gasteiger partial charge in [0.1, 0.15) is 5.75 Å². The fraction of sp³-hybridized carbons (Fsp3) is 0.250. The van der Waals surface area contributed by atoms with Gasteiger partial charge in [-0.15, -0.1) is 0 Å². The number of unbranched alkanes of at least 4 members (excludes halogenated alkanes) is 2. The number of hydrogen-bond acceptors (Lipinski definition) is 3. The molecule has 0 fully saturated rings. The maximum atomic E-state index is 12.3. The summed E-state index contributed by atoms with van der Waals surface area (Å²) in [4.78, 5) is 12.3. The summed E-state index contributed by atoms with van der Waals surface area (Å²) in [6.45, 7) is 2.85. The van der Waals surface area contributed by atoms with Crippen molar-refractivity contribution in [1.29, 1.82) is 0 Å². The summed E-state index contributed by atoms with van der Waals surface area (Å²) in [5.41, 5.74) is 4.47. The summed E-state index contributed by atoms with van der Waals surface area (Å²) >= 11 is 0. The third-order valence-electron chi connectivity index (χ3n) is 4.55.